The predicted molar refractivity (Wildman–Crippen MR) is 76.8 cm³/mol. The smallest absolute Gasteiger partial charge is 0.139 e. The van der Waals surface area contributed by atoms with Gasteiger partial charge in [0.2, 0.25) is 0 Å². The molecule has 2 rings (SSSR count). The molecule has 0 aliphatic rings. The van der Waals surface area contributed by atoms with E-state index < -0.39 is 11.6 Å². The van der Waals surface area contributed by atoms with Crippen molar-refractivity contribution < 1.29 is 8.78 Å². The molecule has 0 aliphatic heterocycles. The highest BCUT2D eigenvalue weighted by Gasteiger charge is 2.03. The first-order valence-electron chi connectivity index (χ1n) is 6.03. The van der Waals surface area contributed by atoms with Crippen LogP contribution in [0.15, 0.2) is 47.4 Å². The molecule has 0 bridgehead atoms. The molecule has 100 valence electrons. The van der Waals surface area contributed by atoms with E-state index in [4.69, 9.17) is 0 Å². The van der Waals surface area contributed by atoms with Crippen molar-refractivity contribution in [3.8, 4) is 0 Å². The van der Waals surface area contributed by atoms with Gasteiger partial charge in [0.05, 0.1) is 0 Å². The summed E-state index contributed by atoms with van der Waals surface area (Å²) < 4.78 is 26.1. The Bertz CT molecular complexity index is 540. The summed E-state index contributed by atoms with van der Waals surface area (Å²) in [6, 6.07) is 11.8. The highest BCUT2D eigenvalue weighted by molar-refractivity contribution is 7.99. The molecule has 0 radical (unpaired) electrons. The predicted octanol–water partition coefficient (Wildman–Crippen LogP) is 4.48. The Morgan fingerprint density at radius 1 is 1.05 bits per heavy atom. The number of hydrogen-bond acceptors (Lipinski definition) is 2. The van der Waals surface area contributed by atoms with Crippen molar-refractivity contribution in [2.75, 3.05) is 17.6 Å². The Labute approximate surface area is 116 Å². The molecule has 2 aromatic carbocycles. The quantitative estimate of drug-likeness (QED) is 0.640. The van der Waals surface area contributed by atoms with Crippen LogP contribution in [0.5, 0.6) is 0 Å². The molecule has 0 atom stereocenters. The van der Waals surface area contributed by atoms with Gasteiger partial charge in [-0.3, -0.25) is 0 Å². The van der Waals surface area contributed by atoms with Gasteiger partial charge in [0.1, 0.15) is 11.6 Å². The molecule has 0 spiro atoms. The zero-order valence-electron chi connectivity index (χ0n) is 10.6. The van der Waals surface area contributed by atoms with Crippen LogP contribution in [0.25, 0.3) is 0 Å². The van der Waals surface area contributed by atoms with E-state index in [1.807, 2.05) is 31.2 Å². The molecule has 0 aromatic heterocycles. The van der Waals surface area contributed by atoms with Crippen molar-refractivity contribution in [2.24, 2.45) is 0 Å². The van der Waals surface area contributed by atoms with Crippen molar-refractivity contribution >= 4 is 17.4 Å². The summed E-state index contributed by atoms with van der Waals surface area (Å²) in [7, 11) is 0. The molecule has 19 heavy (non-hydrogen) atoms. The van der Waals surface area contributed by atoms with Crippen LogP contribution in [0.1, 0.15) is 5.56 Å². The van der Waals surface area contributed by atoms with E-state index in [1.54, 1.807) is 0 Å². The van der Waals surface area contributed by atoms with Gasteiger partial charge in [0.15, 0.2) is 0 Å². The minimum atomic E-state index is -0.542. The Hall–Kier alpha value is -1.55. The lowest BCUT2D eigenvalue weighted by molar-refractivity contribution is 0.566. The summed E-state index contributed by atoms with van der Waals surface area (Å²) in [4.78, 5) is 0.479. The summed E-state index contributed by atoms with van der Waals surface area (Å²) in [5.41, 5.74) is 2.26. The van der Waals surface area contributed by atoms with Crippen molar-refractivity contribution in [2.45, 2.75) is 11.8 Å². The average molecular weight is 279 g/mol. The van der Waals surface area contributed by atoms with Gasteiger partial charge < -0.3 is 5.32 Å². The molecule has 0 heterocycles. The van der Waals surface area contributed by atoms with Gasteiger partial charge in [-0.15, -0.1) is 11.8 Å². The van der Waals surface area contributed by atoms with E-state index in [2.05, 4.69) is 5.32 Å². The van der Waals surface area contributed by atoms with Crippen molar-refractivity contribution in [3.05, 3.63) is 59.7 Å². The second kappa shape index (κ2) is 6.57. The minimum absolute atomic E-state index is 0.479. The van der Waals surface area contributed by atoms with Crippen LogP contribution in [0, 0.1) is 18.6 Å². The maximum atomic E-state index is 13.4. The third kappa shape index (κ3) is 4.24. The summed E-state index contributed by atoms with van der Waals surface area (Å²) in [5, 5.41) is 3.26. The topological polar surface area (TPSA) is 12.0 Å². The Morgan fingerprint density at radius 3 is 2.47 bits per heavy atom. The van der Waals surface area contributed by atoms with Gasteiger partial charge in [0.25, 0.3) is 0 Å². The van der Waals surface area contributed by atoms with Gasteiger partial charge >= 0.3 is 0 Å². The largest absolute Gasteiger partial charge is 0.384 e. The van der Waals surface area contributed by atoms with Gasteiger partial charge in [-0.2, -0.15) is 0 Å². The van der Waals surface area contributed by atoms with E-state index >= 15 is 0 Å². The SMILES string of the molecule is Cc1ccc(NCCSc2ccc(F)cc2F)cc1. The number of anilines is 1. The van der Waals surface area contributed by atoms with Crippen LogP contribution in [0.3, 0.4) is 0 Å². The van der Waals surface area contributed by atoms with Crippen LogP contribution in [-0.4, -0.2) is 12.3 Å². The highest BCUT2D eigenvalue weighted by Crippen LogP contribution is 2.22. The van der Waals surface area contributed by atoms with E-state index in [0.717, 1.165) is 24.1 Å². The molecular formula is C15H15F2NS. The molecule has 0 saturated carbocycles. The van der Waals surface area contributed by atoms with Crippen LogP contribution < -0.4 is 5.32 Å². The lowest BCUT2D eigenvalue weighted by Gasteiger charge is -2.07. The number of halogens is 2. The summed E-state index contributed by atoms with van der Waals surface area (Å²) in [5.74, 6) is -0.323. The molecule has 0 amide bonds. The van der Waals surface area contributed by atoms with Crippen molar-refractivity contribution in [1.82, 2.24) is 0 Å². The van der Waals surface area contributed by atoms with E-state index in [1.165, 1.54) is 29.5 Å². The van der Waals surface area contributed by atoms with E-state index in [9.17, 15) is 8.78 Å². The lowest BCUT2D eigenvalue weighted by atomic mass is 10.2. The maximum absolute atomic E-state index is 13.4. The fraction of sp³-hybridized carbons (Fsp3) is 0.200. The lowest BCUT2D eigenvalue weighted by Crippen LogP contribution is -2.04. The number of aryl methyl sites for hydroxylation is 1. The summed E-state index contributed by atoms with van der Waals surface area (Å²) in [6.07, 6.45) is 0. The number of nitrogens with one attached hydrogen (secondary N) is 1. The Kier molecular flexibility index (Phi) is 4.80. The van der Waals surface area contributed by atoms with Gasteiger partial charge in [-0.05, 0) is 31.2 Å². The average Bonchev–Trinajstić information content (AvgIpc) is 2.39. The van der Waals surface area contributed by atoms with Gasteiger partial charge in [0, 0.05) is 28.9 Å². The summed E-state index contributed by atoms with van der Waals surface area (Å²) >= 11 is 1.37. The molecule has 4 heteroatoms. The Balaban J connectivity index is 1.79. The molecule has 2 aromatic rings. The third-order valence-electron chi connectivity index (χ3n) is 2.63. The first-order valence-corrected chi connectivity index (χ1v) is 7.02. The molecule has 1 nitrogen and oxygen atoms in total. The zero-order chi connectivity index (χ0) is 13.7. The number of benzene rings is 2. The molecule has 0 fully saturated rings. The van der Waals surface area contributed by atoms with Gasteiger partial charge in [-0.25, -0.2) is 8.78 Å². The van der Waals surface area contributed by atoms with Crippen LogP contribution in [0.4, 0.5) is 14.5 Å². The Morgan fingerprint density at radius 2 is 1.79 bits per heavy atom. The molecule has 0 aliphatic carbocycles. The summed E-state index contributed by atoms with van der Waals surface area (Å²) in [6.45, 7) is 2.77. The van der Waals surface area contributed by atoms with Crippen LogP contribution in [-0.2, 0) is 0 Å². The van der Waals surface area contributed by atoms with Crippen LogP contribution >= 0.6 is 11.8 Å². The van der Waals surface area contributed by atoms with E-state index in [-0.39, 0.29) is 0 Å². The molecule has 0 unspecified atom stereocenters. The molecular weight excluding hydrogens is 264 g/mol. The zero-order valence-corrected chi connectivity index (χ0v) is 11.4. The fourth-order valence-corrected chi connectivity index (χ4v) is 2.41. The monoisotopic (exact) mass is 279 g/mol. The van der Waals surface area contributed by atoms with Gasteiger partial charge in [-0.1, -0.05) is 17.7 Å². The normalized spacial score (nSPS) is 10.5. The fourth-order valence-electron chi connectivity index (χ4n) is 1.62. The molecule has 1 N–H and O–H groups in total. The standard InChI is InChI=1S/C15H15F2NS/c1-11-2-5-13(6-3-11)18-8-9-19-15-7-4-12(16)10-14(15)17/h2-7,10,18H,8-9H2,1H3. The molecule has 0 saturated heterocycles. The second-order valence-electron chi connectivity index (χ2n) is 4.22. The van der Waals surface area contributed by atoms with Crippen molar-refractivity contribution in [1.29, 1.82) is 0 Å². The minimum Gasteiger partial charge on any atom is -0.384 e. The number of hydrogen-bond donors (Lipinski definition) is 1. The first kappa shape index (κ1) is 13.9. The second-order valence-corrected chi connectivity index (χ2v) is 5.35. The first-order chi connectivity index (χ1) is 9.15. The van der Waals surface area contributed by atoms with Crippen molar-refractivity contribution in [3.63, 3.8) is 0 Å². The number of rotatable bonds is 5. The van der Waals surface area contributed by atoms with Crippen LogP contribution in [0.2, 0.25) is 0 Å². The maximum Gasteiger partial charge on any atom is 0.139 e. The number of thioether (sulfide) groups is 1. The third-order valence-corrected chi connectivity index (χ3v) is 3.68. The van der Waals surface area contributed by atoms with E-state index in [0.29, 0.717) is 4.90 Å². The highest BCUT2D eigenvalue weighted by atomic mass is 32.2.